The number of amides is 2. The van der Waals surface area contributed by atoms with Crippen LogP contribution in [0.1, 0.15) is 11.1 Å². The molecule has 168 valence electrons. The number of benzene rings is 4. The molecule has 0 heterocycles. The molecule has 0 atom stereocenters. The first kappa shape index (κ1) is 23.3. The van der Waals surface area contributed by atoms with Crippen LogP contribution in [0.25, 0.3) is 22.9 Å². The zero-order valence-electron chi connectivity index (χ0n) is 18.0. The van der Waals surface area contributed by atoms with Crippen molar-refractivity contribution in [2.75, 3.05) is 10.6 Å². The predicted octanol–water partition coefficient (Wildman–Crippen LogP) is 7.28. The molecule has 0 aliphatic heterocycles. The Balaban J connectivity index is 1.56. The van der Waals surface area contributed by atoms with Crippen molar-refractivity contribution < 1.29 is 9.59 Å². The van der Waals surface area contributed by atoms with E-state index in [2.05, 4.69) is 10.6 Å². The van der Waals surface area contributed by atoms with Crippen molar-refractivity contribution in [1.29, 1.82) is 0 Å². The van der Waals surface area contributed by atoms with Crippen molar-refractivity contribution in [2.45, 2.75) is 0 Å². The minimum absolute atomic E-state index is 0.0606. The summed E-state index contributed by atoms with van der Waals surface area (Å²) in [4.78, 5) is 25.4. The van der Waals surface area contributed by atoms with Crippen LogP contribution >= 0.6 is 23.2 Å². The van der Waals surface area contributed by atoms with Crippen molar-refractivity contribution in [3.05, 3.63) is 118 Å². The molecule has 4 aromatic carbocycles. The maximum absolute atomic E-state index is 12.7. The number of hydrogen-bond acceptors (Lipinski definition) is 2. The smallest absolute Gasteiger partial charge is 0.267 e. The summed E-state index contributed by atoms with van der Waals surface area (Å²) < 4.78 is 0. The summed E-state index contributed by atoms with van der Waals surface area (Å²) in [7, 11) is 0. The third-order valence-electron chi connectivity index (χ3n) is 5.04. The Bertz CT molecular complexity index is 1290. The molecule has 0 unspecified atom stereocenters. The Labute approximate surface area is 207 Å². The number of rotatable bonds is 6. The summed E-state index contributed by atoms with van der Waals surface area (Å²) in [6, 6.07) is 29.6. The average molecular weight is 487 g/mol. The van der Waals surface area contributed by atoms with Gasteiger partial charge in [0.15, 0.2) is 0 Å². The molecule has 4 rings (SSSR count). The highest BCUT2D eigenvalue weighted by molar-refractivity contribution is 6.46. The Hall–Kier alpha value is -3.86. The van der Waals surface area contributed by atoms with E-state index in [9.17, 15) is 9.59 Å². The fourth-order valence-electron chi connectivity index (χ4n) is 3.41. The topological polar surface area (TPSA) is 58.2 Å². The number of anilines is 2. The first-order valence-electron chi connectivity index (χ1n) is 10.5. The van der Waals surface area contributed by atoms with E-state index in [1.165, 1.54) is 0 Å². The predicted molar refractivity (Wildman–Crippen MR) is 142 cm³/mol. The molecule has 2 amide bonds. The van der Waals surface area contributed by atoms with E-state index in [-0.39, 0.29) is 10.1 Å². The number of nitrogens with one attached hydrogen (secondary N) is 2. The SMILES string of the molecule is O=C(Nc1cccc2c(NC(=O)/C(Cl)=C\c3ccccc3)cccc12)/C(Cl)=C/c1ccccc1. The molecule has 0 radical (unpaired) electrons. The van der Waals surface area contributed by atoms with E-state index < -0.39 is 11.8 Å². The third-order valence-corrected chi connectivity index (χ3v) is 5.60. The van der Waals surface area contributed by atoms with Crippen LogP contribution in [0.4, 0.5) is 11.4 Å². The van der Waals surface area contributed by atoms with E-state index in [4.69, 9.17) is 23.2 Å². The number of hydrogen-bond donors (Lipinski definition) is 2. The largest absolute Gasteiger partial charge is 0.321 e. The Morgan fingerprint density at radius 2 is 0.912 bits per heavy atom. The summed E-state index contributed by atoms with van der Waals surface area (Å²) in [6.45, 7) is 0. The average Bonchev–Trinajstić information content (AvgIpc) is 2.85. The van der Waals surface area contributed by atoms with Crippen LogP contribution in [0.5, 0.6) is 0 Å². The summed E-state index contributed by atoms with van der Waals surface area (Å²) in [5.74, 6) is -0.859. The van der Waals surface area contributed by atoms with Crippen LogP contribution in [-0.2, 0) is 9.59 Å². The molecule has 0 bridgehead atoms. The van der Waals surface area contributed by atoms with Gasteiger partial charge in [-0.2, -0.15) is 0 Å². The molecule has 4 aromatic rings. The van der Waals surface area contributed by atoms with Crippen molar-refractivity contribution in [1.82, 2.24) is 0 Å². The molecule has 0 aromatic heterocycles. The second-order valence-electron chi connectivity index (χ2n) is 7.42. The highest BCUT2D eigenvalue weighted by Crippen LogP contribution is 2.30. The van der Waals surface area contributed by atoms with Gasteiger partial charge in [-0.15, -0.1) is 0 Å². The van der Waals surface area contributed by atoms with Crippen molar-refractivity contribution in [2.24, 2.45) is 0 Å². The van der Waals surface area contributed by atoms with Gasteiger partial charge in [0.05, 0.1) is 0 Å². The lowest BCUT2D eigenvalue weighted by Crippen LogP contribution is -2.13. The van der Waals surface area contributed by atoms with Crippen LogP contribution in [0.2, 0.25) is 0 Å². The van der Waals surface area contributed by atoms with E-state index >= 15 is 0 Å². The number of carbonyl (C=O) groups is 2. The second kappa shape index (κ2) is 10.8. The minimum atomic E-state index is -0.429. The van der Waals surface area contributed by atoms with Gasteiger partial charge in [-0.25, -0.2) is 0 Å². The van der Waals surface area contributed by atoms with Gasteiger partial charge in [-0.1, -0.05) is 108 Å². The van der Waals surface area contributed by atoms with Crippen LogP contribution in [0, 0.1) is 0 Å². The number of halogens is 2. The summed E-state index contributed by atoms with van der Waals surface area (Å²) in [6.07, 6.45) is 3.21. The fraction of sp³-hybridized carbons (Fsp3) is 0. The van der Waals surface area contributed by atoms with Crippen LogP contribution in [0.3, 0.4) is 0 Å². The van der Waals surface area contributed by atoms with Gasteiger partial charge in [0.1, 0.15) is 10.1 Å². The molecule has 2 N–H and O–H groups in total. The maximum Gasteiger partial charge on any atom is 0.267 e. The zero-order valence-corrected chi connectivity index (χ0v) is 19.5. The minimum Gasteiger partial charge on any atom is -0.321 e. The lowest BCUT2D eigenvalue weighted by atomic mass is 10.1. The van der Waals surface area contributed by atoms with Gasteiger partial charge < -0.3 is 10.6 Å². The standard InChI is InChI=1S/C28H20Cl2N2O2/c29-23(17-19-9-3-1-4-10-19)27(33)31-25-15-7-14-22-21(25)13-8-16-26(22)32-28(34)24(30)18-20-11-5-2-6-12-20/h1-18H,(H,31,33)(H,32,34)/b23-17-,24-18+. The van der Waals surface area contributed by atoms with Gasteiger partial charge >= 0.3 is 0 Å². The van der Waals surface area contributed by atoms with Crippen molar-refractivity contribution in [3.8, 4) is 0 Å². The van der Waals surface area contributed by atoms with Crippen molar-refractivity contribution >= 4 is 69.3 Å². The van der Waals surface area contributed by atoms with Crippen LogP contribution in [0.15, 0.2) is 107 Å². The fourth-order valence-corrected chi connectivity index (χ4v) is 3.76. The first-order chi connectivity index (χ1) is 16.5. The van der Waals surface area contributed by atoms with E-state index in [1.54, 1.807) is 36.4 Å². The molecule has 6 heteroatoms. The van der Waals surface area contributed by atoms with Crippen LogP contribution in [-0.4, -0.2) is 11.8 Å². The van der Waals surface area contributed by atoms with E-state index in [1.807, 2.05) is 72.8 Å². The molecule has 4 nitrogen and oxygen atoms in total. The lowest BCUT2D eigenvalue weighted by molar-refractivity contribution is -0.113. The summed E-state index contributed by atoms with van der Waals surface area (Å²) >= 11 is 12.5. The van der Waals surface area contributed by atoms with Gasteiger partial charge in [0.25, 0.3) is 11.8 Å². The Morgan fingerprint density at radius 3 is 1.29 bits per heavy atom. The quantitative estimate of drug-likeness (QED) is 0.281. The first-order valence-corrected chi connectivity index (χ1v) is 11.3. The molecular weight excluding hydrogens is 467 g/mol. The normalized spacial score (nSPS) is 11.8. The maximum atomic E-state index is 12.7. The van der Waals surface area contributed by atoms with Crippen LogP contribution < -0.4 is 10.6 Å². The summed E-state index contributed by atoms with van der Waals surface area (Å²) in [5, 5.41) is 7.33. The highest BCUT2D eigenvalue weighted by Gasteiger charge is 2.13. The summed E-state index contributed by atoms with van der Waals surface area (Å²) in [5.41, 5.74) is 2.80. The van der Waals surface area contributed by atoms with E-state index in [0.29, 0.717) is 11.4 Å². The molecule has 34 heavy (non-hydrogen) atoms. The second-order valence-corrected chi connectivity index (χ2v) is 8.23. The van der Waals surface area contributed by atoms with Crippen molar-refractivity contribution in [3.63, 3.8) is 0 Å². The molecular formula is C28H20Cl2N2O2. The molecule has 0 fully saturated rings. The molecule has 0 spiro atoms. The molecule has 0 aliphatic rings. The molecule has 0 saturated heterocycles. The highest BCUT2D eigenvalue weighted by atomic mass is 35.5. The number of fused-ring (bicyclic) bond motifs is 1. The molecule has 0 aliphatic carbocycles. The Morgan fingerprint density at radius 1 is 0.529 bits per heavy atom. The van der Waals surface area contributed by atoms with Gasteiger partial charge in [0.2, 0.25) is 0 Å². The van der Waals surface area contributed by atoms with Gasteiger partial charge in [0, 0.05) is 22.1 Å². The molecule has 0 saturated carbocycles. The monoisotopic (exact) mass is 486 g/mol. The van der Waals surface area contributed by atoms with E-state index in [0.717, 1.165) is 21.9 Å². The van der Waals surface area contributed by atoms with Gasteiger partial charge in [-0.05, 0) is 35.4 Å². The zero-order chi connectivity index (χ0) is 23.9. The number of carbonyl (C=O) groups excluding carboxylic acids is 2. The third kappa shape index (κ3) is 5.73. The van der Waals surface area contributed by atoms with Gasteiger partial charge in [-0.3, -0.25) is 9.59 Å². The lowest BCUT2D eigenvalue weighted by Gasteiger charge is -2.12. The Kier molecular flexibility index (Phi) is 7.43.